The summed E-state index contributed by atoms with van der Waals surface area (Å²) in [5.74, 6) is -0.335. The molecule has 3 rings (SSSR count). The van der Waals surface area contributed by atoms with Gasteiger partial charge >= 0.3 is 5.97 Å². The molecule has 0 aromatic heterocycles. The summed E-state index contributed by atoms with van der Waals surface area (Å²) in [5.41, 5.74) is 3.07. The summed E-state index contributed by atoms with van der Waals surface area (Å²) in [5, 5.41) is 11.2. The van der Waals surface area contributed by atoms with Crippen LogP contribution in [0.15, 0.2) is 53.2 Å². The highest BCUT2D eigenvalue weighted by Gasteiger charge is 2.24. The predicted molar refractivity (Wildman–Crippen MR) is 94.3 cm³/mol. The molecule has 2 aromatic rings. The minimum atomic E-state index is -0.571. The Balaban J connectivity index is 1.97. The van der Waals surface area contributed by atoms with Gasteiger partial charge in [-0.25, -0.2) is 9.79 Å². The predicted octanol–water partition coefficient (Wildman–Crippen LogP) is 3.81. The van der Waals surface area contributed by atoms with Crippen LogP contribution in [-0.4, -0.2) is 16.8 Å². The zero-order chi connectivity index (χ0) is 18.0. The molecule has 0 aliphatic carbocycles. The van der Waals surface area contributed by atoms with E-state index in [0.717, 1.165) is 5.56 Å². The van der Waals surface area contributed by atoms with Crippen molar-refractivity contribution in [3.63, 3.8) is 0 Å². The quantitative estimate of drug-likeness (QED) is 0.368. The molecule has 1 aliphatic rings. The van der Waals surface area contributed by atoms with E-state index in [2.05, 4.69) is 4.99 Å². The highest BCUT2D eigenvalue weighted by molar-refractivity contribution is 6.12. The summed E-state index contributed by atoms with van der Waals surface area (Å²) in [7, 11) is 0. The number of rotatable bonds is 4. The van der Waals surface area contributed by atoms with Gasteiger partial charge in [-0.05, 0) is 37.1 Å². The van der Waals surface area contributed by atoms with Gasteiger partial charge in [0.05, 0.1) is 4.92 Å². The van der Waals surface area contributed by atoms with Gasteiger partial charge in [0.15, 0.2) is 5.70 Å². The summed E-state index contributed by atoms with van der Waals surface area (Å²) < 4.78 is 5.22. The van der Waals surface area contributed by atoms with Crippen LogP contribution < -0.4 is 0 Å². The summed E-state index contributed by atoms with van der Waals surface area (Å²) >= 11 is 0. The van der Waals surface area contributed by atoms with Crippen LogP contribution >= 0.6 is 0 Å². The minimum Gasteiger partial charge on any atom is -0.402 e. The van der Waals surface area contributed by atoms with E-state index in [0.29, 0.717) is 23.1 Å². The van der Waals surface area contributed by atoms with E-state index in [1.807, 2.05) is 38.1 Å². The third kappa shape index (κ3) is 3.47. The van der Waals surface area contributed by atoms with Crippen molar-refractivity contribution in [2.24, 2.45) is 4.99 Å². The van der Waals surface area contributed by atoms with Crippen molar-refractivity contribution in [2.75, 3.05) is 0 Å². The molecule has 6 nitrogen and oxygen atoms in total. The van der Waals surface area contributed by atoms with Gasteiger partial charge in [-0.1, -0.05) is 36.8 Å². The molecule has 0 bridgehead atoms. The van der Waals surface area contributed by atoms with E-state index in [4.69, 9.17) is 4.74 Å². The SMILES string of the molecule is CCc1ccc(/C=C2\N=C(c3cccc(C)c3)OC2=O)cc1[N+](=O)[O-]. The third-order valence-corrected chi connectivity index (χ3v) is 3.88. The van der Waals surface area contributed by atoms with Gasteiger partial charge in [-0.3, -0.25) is 10.1 Å². The molecule has 0 saturated heterocycles. The van der Waals surface area contributed by atoms with Crippen molar-refractivity contribution in [1.82, 2.24) is 0 Å². The lowest BCUT2D eigenvalue weighted by molar-refractivity contribution is -0.385. The van der Waals surface area contributed by atoms with Crippen LogP contribution in [0.3, 0.4) is 0 Å². The maximum atomic E-state index is 12.1. The molecule has 0 fully saturated rings. The number of aryl methyl sites for hydroxylation is 2. The fourth-order valence-electron chi connectivity index (χ4n) is 2.61. The number of carbonyl (C=O) groups is 1. The van der Waals surface area contributed by atoms with Crippen LogP contribution in [0.4, 0.5) is 5.69 Å². The Kier molecular flexibility index (Phi) is 4.43. The maximum Gasteiger partial charge on any atom is 0.363 e. The van der Waals surface area contributed by atoms with Crippen LogP contribution in [-0.2, 0) is 16.0 Å². The summed E-state index contributed by atoms with van der Waals surface area (Å²) in [4.78, 5) is 27.0. The molecule has 1 heterocycles. The van der Waals surface area contributed by atoms with Gasteiger partial charge in [0.25, 0.3) is 5.69 Å². The van der Waals surface area contributed by atoms with E-state index in [1.54, 1.807) is 12.1 Å². The Morgan fingerprint density at radius 2 is 2.04 bits per heavy atom. The maximum absolute atomic E-state index is 12.1. The number of aliphatic imine (C=N–C) groups is 1. The second kappa shape index (κ2) is 6.68. The Morgan fingerprint density at radius 3 is 2.72 bits per heavy atom. The Labute approximate surface area is 144 Å². The molecule has 1 aliphatic heterocycles. The van der Waals surface area contributed by atoms with E-state index in [-0.39, 0.29) is 17.3 Å². The average molecular weight is 336 g/mol. The second-order valence-electron chi connectivity index (χ2n) is 5.70. The number of ether oxygens (including phenoxy) is 1. The molecule has 0 N–H and O–H groups in total. The van der Waals surface area contributed by atoms with Gasteiger partial charge in [-0.15, -0.1) is 0 Å². The number of carbonyl (C=O) groups excluding carboxylic acids is 1. The number of nitro groups is 1. The Morgan fingerprint density at radius 1 is 1.24 bits per heavy atom. The fourth-order valence-corrected chi connectivity index (χ4v) is 2.61. The minimum absolute atomic E-state index is 0.0334. The normalized spacial score (nSPS) is 15.2. The van der Waals surface area contributed by atoms with Crippen LogP contribution in [0.25, 0.3) is 6.08 Å². The van der Waals surface area contributed by atoms with E-state index in [9.17, 15) is 14.9 Å². The highest BCUT2D eigenvalue weighted by Crippen LogP contribution is 2.24. The lowest BCUT2D eigenvalue weighted by Crippen LogP contribution is -2.05. The largest absolute Gasteiger partial charge is 0.402 e. The zero-order valence-electron chi connectivity index (χ0n) is 13.9. The first-order valence-electron chi connectivity index (χ1n) is 7.85. The average Bonchev–Trinajstić information content (AvgIpc) is 2.95. The van der Waals surface area contributed by atoms with Gasteiger partial charge < -0.3 is 4.74 Å². The van der Waals surface area contributed by atoms with Gasteiger partial charge in [-0.2, -0.15) is 0 Å². The molecule has 0 atom stereocenters. The van der Waals surface area contributed by atoms with Gasteiger partial charge in [0.2, 0.25) is 5.90 Å². The first-order chi connectivity index (χ1) is 12.0. The molecule has 25 heavy (non-hydrogen) atoms. The van der Waals surface area contributed by atoms with Crippen molar-refractivity contribution in [3.05, 3.63) is 80.5 Å². The van der Waals surface area contributed by atoms with Crippen LogP contribution in [0, 0.1) is 17.0 Å². The third-order valence-electron chi connectivity index (χ3n) is 3.88. The van der Waals surface area contributed by atoms with E-state index >= 15 is 0 Å². The molecule has 0 radical (unpaired) electrons. The van der Waals surface area contributed by atoms with Crippen molar-refractivity contribution in [3.8, 4) is 0 Å². The molecule has 0 spiro atoms. The smallest absolute Gasteiger partial charge is 0.363 e. The first-order valence-corrected chi connectivity index (χ1v) is 7.85. The number of hydrogen-bond acceptors (Lipinski definition) is 5. The molecule has 126 valence electrons. The van der Waals surface area contributed by atoms with Crippen molar-refractivity contribution in [1.29, 1.82) is 0 Å². The van der Waals surface area contributed by atoms with Gasteiger partial charge in [0, 0.05) is 17.2 Å². The monoisotopic (exact) mass is 336 g/mol. The number of cyclic esters (lactones) is 1. The Bertz CT molecular complexity index is 929. The summed E-state index contributed by atoms with van der Waals surface area (Å²) in [6, 6.07) is 12.3. The highest BCUT2D eigenvalue weighted by atomic mass is 16.6. The fraction of sp³-hybridized carbons (Fsp3) is 0.158. The van der Waals surface area contributed by atoms with Crippen molar-refractivity contribution in [2.45, 2.75) is 20.3 Å². The Hall–Kier alpha value is -3.28. The van der Waals surface area contributed by atoms with Crippen molar-refractivity contribution >= 4 is 23.6 Å². The number of nitrogens with zero attached hydrogens (tertiary/aromatic N) is 2. The molecule has 0 amide bonds. The topological polar surface area (TPSA) is 81.8 Å². The van der Waals surface area contributed by atoms with E-state index in [1.165, 1.54) is 12.1 Å². The number of nitro benzene ring substituents is 1. The number of hydrogen-bond donors (Lipinski definition) is 0. The lowest BCUT2D eigenvalue weighted by atomic mass is 10.1. The van der Waals surface area contributed by atoms with Crippen LogP contribution in [0.5, 0.6) is 0 Å². The van der Waals surface area contributed by atoms with E-state index < -0.39 is 10.9 Å². The first kappa shape index (κ1) is 16.6. The summed E-state index contributed by atoms with van der Waals surface area (Å²) in [6.45, 7) is 3.79. The molecule has 6 heteroatoms. The van der Waals surface area contributed by atoms with Gasteiger partial charge in [0.1, 0.15) is 0 Å². The molecule has 2 aromatic carbocycles. The molecular formula is C19H16N2O4. The molecule has 0 saturated carbocycles. The second-order valence-corrected chi connectivity index (χ2v) is 5.70. The molecular weight excluding hydrogens is 320 g/mol. The van der Waals surface area contributed by atoms with Crippen LogP contribution in [0.1, 0.15) is 29.2 Å². The van der Waals surface area contributed by atoms with Crippen LogP contribution in [0.2, 0.25) is 0 Å². The zero-order valence-corrected chi connectivity index (χ0v) is 13.9. The molecule has 0 unspecified atom stereocenters. The summed E-state index contributed by atoms with van der Waals surface area (Å²) in [6.07, 6.45) is 2.06. The standard InChI is InChI=1S/C19H16N2O4/c1-3-14-8-7-13(11-17(14)21(23)24)10-16-19(22)25-18(20-16)15-6-4-5-12(2)9-15/h4-11H,3H2,1-2H3/b16-10-. The number of benzene rings is 2. The number of esters is 1. The van der Waals surface area contributed by atoms with Crippen molar-refractivity contribution < 1.29 is 14.5 Å². The lowest BCUT2D eigenvalue weighted by Gasteiger charge is -2.01.